The lowest BCUT2D eigenvalue weighted by atomic mass is 10.5. The first-order chi connectivity index (χ1) is 2.81. The van der Waals surface area contributed by atoms with E-state index in [2.05, 4.69) is 0 Å². The highest BCUT2D eigenvalue weighted by Gasteiger charge is 1.85. The van der Waals surface area contributed by atoms with Gasteiger partial charge in [-0.15, -0.1) is 0 Å². The number of nitrogens with one attached hydrogen (secondary N) is 2. The molecule has 0 atom stereocenters. The molecule has 0 rings (SSSR count). The molecular weight excluding hydrogens is 191 g/mol. The molecule has 0 bridgehead atoms. The van der Waals surface area contributed by atoms with Crippen LogP contribution in [0.3, 0.4) is 0 Å². The summed E-state index contributed by atoms with van der Waals surface area (Å²) in [5, 5.41) is 13.0. The molecule has 0 saturated heterocycles. The Labute approximate surface area is 50.1 Å². The molecule has 6 heavy (non-hydrogen) atoms. The lowest BCUT2D eigenvalue weighted by Gasteiger charge is -1.82. The Morgan fingerprint density at radius 1 is 1.33 bits per heavy atom. The Balaban J connectivity index is 3.21. The molecule has 0 saturated carbocycles. The van der Waals surface area contributed by atoms with E-state index in [1.807, 2.05) is 22.6 Å². The maximum atomic E-state index is 6.52. The summed E-state index contributed by atoms with van der Waals surface area (Å²) in [5.41, 5.74) is 0. The quantitative estimate of drug-likeness (QED) is 0.377. The molecule has 0 amide bonds. The van der Waals surface area contributed by atoms with Gasteiger partial charge in [0, 0.05) is 12.4 Å². The Bertz CT molecular complexity index is 53.8. The van der Waals surface area contributed by atoms with Crippen LogP contribution in [-0.2, 0) is 0 Å². The van der Waals surface area contributed by atoms with Crippen molar-refractivity contribution in [3.8, 4) is 0 Å². The third kappa shape index (κ3) is 2.32. The van der Waals surface area contributed by atoms with Crippen LogP contribution in [0.2, 0.25) is 0 Å². The Morgan fingerprint density at radius 2 is 1.67 bits per heavy atom. The van der Waals surface area contributed by atoms with E-state index in [-0.39, 0.29) is 3.92 Å². The minimum atomic E-state index is -0.0115. The van der Waals surface area contributed by atoms with Crippen molar-refractivity contribution in [2.75, 3.05) is 0 Å². The minimum absolute atomic E-state index is 0.0115. The van der Waals surface area contributed by atoms with Crippen LogP contribution < -0.4 is 0 Å². The first-order valence-electron chi connectivity index (χ1n) is 1.46. The van der Waals surface area contributed by atoms with Crippen LogP contribution in [0, 0.1) is 10.8 Å². The average Bonchev–Trinajstić information content (AvgIpc) is 1.65. The van der Waals surface area contributed by atoms with E-state index >= 15 is 0 Å². The molecule has 0 aromatic heterocycles. The third-order valence-corrected chi connectivity index (χ3v) is 1.04. The number of hydrogen-bond donors (Lipinski definition) is 2. The molecule has 0 aromatic rings. The molecule has 2 nitrogen and oxygen atoms in total. The van der Waals surface area contributed by atoms with Crippen molar-refractivity contribution < 1.29 is 0 Å². The summed E-state index contributed by atoms with van der Waals surface area (Å²) >= 11 is 1.98. The van der Waals surface area contributed by atoms with Gasteiger partial charge in [-0.3, -0.25) is 0 Å². The maximum Gasteiger partial charge on any atom is 0.0800 e. The van der Waals surface area contributed by atoms with Crippen LogP contribution in [0.15, 0.2) is 0 Å². The molecule has 0 aliphatic carbocycles. The topological polar surface area (TPSA) is 47.7 Å². The van der Waals surface area contributed by atoms with Crippen molar-refractivity contribution in [3.05, 3.63) is 0 Å². The highest BCUT2D eigenvalue weighted by Crippen LogP contribution is 1.88. The second-order valence-electron chi connectivity index (χ2n) is 0.778. The van der Waals surface area contributed by atoms with E-state index in [9.17, 15) is 0 Å². The fourth-order valence-electron chi connectivity index (χ4n) is 0.0481. The van der Waals surface area contributed by atoms with Gasteiger partial charge in [0.2, 0.25) is 0 Å². The zero-order valence-electron chi connectivity index (χ0n) is 3.11. The summed E-state index contributed by atoms with van der Waals surface area (Å²) in [5.74, 6) is 0. The highest BCUT2D eigenvalue weighted by molar-refractivity contribution is 14.1. The molecule has 0 aliphatic rings. The van der Waals surface area contributed by atoms with E-state index in [1.54, 1.807) is 0 Å². The van der Waals surface area contributed by atoms with Crippen LogP contribution in [0.4, 0.5) is 0 Å². The molecule has 0 aliphatic heterocycles. The van der Waals surface area contributed by atoms with Gasteiger partial charge in [0.25, 0.3) is 0 Å². The number of rotatable bonds is 2. The van der Waals surface area contributed by atoms with Gasteiger partial charge in [-0.05, 0) is 0 Å². The SMILES string of the molecule is N=CC(I)C=N. The second kappa shape index (κ2) is 3.27. The summed E-state index contributed by atoms with van der Waals surface area (Å²) in [6, 6.07) is 0. The summed E-state index contributed by atoms with van der Waals surface area (Å²) in [6.07, 6.45) is 2.43. The van der Waals surface area contributed by atoms with E-state index in [1.165, 1.54) is 12.4 Å². The van der Waals surface area contributed by atoms with Crippen molar-refractivity contribution in [3.63, 3.8) is 0 Å². The minimum Gasteiger partial charge on any atom is -0.312 e. The van der Waals surface area contributed by atoms with Crippen molar-refractivity contribution in [2.24, 2.45) is 0 Å². The van der Waals surface area contributed by atoms with Gasteiger partial charge in [0.1, 0.15) is 0 Å². The van der Waals surface area contributed by atoms with Gasteiger partial charge in [0.05, 0.1) is 3.92 Å². The Hall–Kier alpha value is 0.0700. The standard InChI is InChI=1S/C3H5IN2/c4-3(1-5)2-6/h1-3,5-6H. The largest absolute Gasteiger partial charge is 0.312 e. The summed E-state index contributed by atoms with van der Waals surface area (Å²) in [7, 11) is 0. The smallest absolute Gasteiger partial charge is 0.0800 e. The van der Waals surface area contributed by atoms with E-state index in [0.29, 0.717) is 0 Å². The zero-order valence-corrected chi connectivity index (χ0v) is 5.27. The lowest BCUT2D eigenvalue weighted by Crippen LogP contribution is -1.95. The van der Waals surface area contributed by atoms with Crippen LogP contribution in [-0.4, -0.2) is 16.4 Å². The molecule has 0 heterocycles. The molecule has 0 fully saturated rings. The van der Waals surface area contributed by atoms with Crippen molar-refractivity contribution in [1.29, 1.82) is 10.8 Å². The number of alkyl halides is 1. The summed E-state index contributed by atoms with van der Waals surface area (Å²) < 4.78 is -0.0115. The number of hydrogen-bond acceptors (Lipinski definition) is 2. The van der Waals surface area contributed by atoms with Gasteiger partial charge < -0.3 is 10.8 Å². The van der Waals surface area contributed by atoms with Crippen molar-refractivity contribution >= 4 is 35.0 Å². The van der Waals surface area contributed by atoms with Crippen LogP contribution in [0.25, 0.3) is 0 Å². The predicted molar refractivity (Wildman–Crippen MR) is 35.4 cm³/mol. The molecule has 0 aromatic carbocycles. The molecule has 0 spiro atoms. The van der Waals surface area contributed by atoms with E-state index in [4.69, 9.17) is 10.8 Å². The molecule has 0 radical (unpaired) electrons. The normalized spacial score (nSPS) is 12.8. The average molecular weight is 196 g/mol. The van der Waals surface area contributed by atoms with E-state index in [0.717, 1.165) is 0 Å². The van der Waals surface area contributed by atoms with Gasteiger partial charge >= 0.3 is 0 Å². The van der Waals surface area contributed by atoms with Gasteiger partial charge in [-0.25, -0.2) is 0 Å². The molecule has 34 valence electrons. The van der Waals surface area contributed by atoms with E-state index < -0.39 is 0 Å². The summed E-state index contributed by atoms with van der Waals surface area (Å²) in [6.45, 7) is 0. The first-order valence-corrected chi connectivity index (χ1v) is 2.71. The zero-order chi connectivity index (χ0) is 4.99. The Morgan fingerprint density at radius 3 is 1.67 bits per heavy atom. The summed E-state index contributed by atoms with van der Waals surface area (Å²) in [4.78, 5) is 0. The molecule has 3 heteroatoms. The van der Waals surface area contributed by atoms with Crippen LogP contribution in [0.5, 0.6) is 0 Å². The highest BCUT2D eigenvalue weighted by atomic mass is 127. The Kier molecular flexibility index (Phi) is 3.31. The van der Waals surface area contributed by atoms with Gasteiger partial charge in [-0.2, -0.15) is 0 Å². The fourth-order valence-corrected chi connectivity index (χ4v) is 0.0481. The monoisotopic (exact) mass is 196 g/mol. The first kappa shape index (κ1) is 6.07. The van der Waals surface area contributed by atoms with Gasteiger partial charge in [0.15, 0.2) is 0 Å². The molecule has 0 unspecified atom stereocenters. The predicted octanol–water partition coefficient (Wildman–Crippen LogP) is 1.09. The van der Waals surface area contributed by atoms with Crippen LogP contribution in [0.1, 0.15) is 0 Å². The van der Waals surface area contributed by atoms with Crippen LogP contribution >= 0.6 is 22.6 Å². The second-order valence-corrected chi connectivity index (χ2v) is 2.22. The lowest BCUT2D eigenvalue weighted by molar-refractivity contribution is 1.48. The van der Waals surface area contributed by atoms with Gasteiger partial charge in [-0.1, -0.05) is 22.6 Å². The number of halogens is 1. The van der Waals surface area contributed by atoms with Crippen molar-refractivity contribution in [2.45, 2.75) is 3.92 Å². The molecule has 2 N–H and O–H groups in total. The maximum absolute atomic E-state index is 6.52. The third-order valence-electron chi connectivity index (χ3n) is 0.318. The van der Waals surface area contributed by atoms with Crippen molar-refractivity contribution in [1.82, 2.24) is 0 Å². The molecular formula is C3H5IN2. The fraction of sp³-hybridized carbons (Fsp3) is 0.333.